The highest BCUT2D eigenvalue weighted by atomic mass is 15.3. The Kier molecular flexibility index (Phi) is 4.14. The Hall–Kier alpha value is -1.36. The lowest BCUT2D eigenvalue weighted by atomic mass is 10.0. The van der Waals surface area contributed by atoms with Crippen LogP contribution in [0.5, 0.6) is 0 Å². The van der Waals surface area contributed by atoms with E-state index in [9.17, 15) is 0 Å². The highest BCUT2D eigenvalue weighted by molar-refractivity contribution is 5.39. The quantitative estimate of drug-likeness (QED) is 0.425. The van der Waals surface area contributed by atoms with Crippen LogP contribution in [0.3, 0.4) is 0 Å². The zero-order valence-corrected chi connectivity index (χ0v) is 10.3. The Balaban J connectivity index is 1.94. The summed E-state index contributed by atoms with van der Waals surface area (Å²) in [7, 11) is 0. The van der Waals surface area contributed by atoms with Crippen molar-refractivity contribution in [3.63, 3.8) is 0 Å². The molecule has 2 rings (SSSR count). The predicted octanol–water partition coefficient (Wildman–Crippen LogP) is 2.14. The molecule has 0 bridgehead atoms. The van der Waals surface area contributed by atoms with Gasteiger partial charge in [-0.2, -0.15) is 4.98 Å². The average Bonchev–Trinajstić information content (AvgIpc) is 2.55. The summed E-state index contributed by atoms with van der Waals surface area (Å²) in [4.78, 5) is 8.27. The molecule has 5 heteroatoms. The molecular formula is C12H21N5. The van der Waals surface area contributed by atoms with Gasteiger partial charge < -0.3 is 5.32 Å². The van der Waals surface area contributed by atoms with Crippen LogP contribution in [-0.4, -0.2) is 16.0 Å². The normalized spacial score (nSPS) is 25.1. The number of hydrogen-bond acceptors (Lipinski definition) is 5. The van der Waals surface area contributed by atoms with E-state index in [0.29, 0.717) is 12.0 Å². The summed E-state index contributed by atoms with van der Waals surface area (Å²) in [6, 6.07) is 2.41. The van der Waals surface area contributed by atoms with Gasteiger partial charge in [0.15, 0.2) is 0 Å². The second-order valence-corrected chi connectivity index (χ2v) is 4.86. The SMILES string of the molecule is CC1CCCC(Nc2ccnc(NN)n2)CC1. The van der Waals surface area contributed by atoms with Crippen molar-refractivity contribution in [2.75, 3.05) is 10.7 Å². The third-order valence-corrected chi connectivity index (χ3v) is 3.39. The maximum atomic E-state index is 5.29. The molecule has 17 heavy (non-hydrogen) atoms. The summed E-state index contributed by atoms with van der Waals surface area (Å²) >= 11 is 0. The molecule has 0 aromatic carbocycles. The van der Waals surface area contributed by atoms with E-state index in [2.05, 4.69) is 27.6 Å². The van der Waals surface area contributed by atoms with Gasteiger partial charge in [0.1, 0.15) is 5.82 Å². The zero-order valence-electron chi connectivity index (χ0n) is 10.3. The van der Waals surface area contributed by atoms with Crippen molar-refractivity contribution in [3.05, 3.63) is 12.3 Å². The lowest BCUT2D eigenvalue weighted by Crippen LogP contribution is -2.20. The van der Waals surface area contributed by atoms with Crippen LogP contribution in [0.4, 0.5) is 11.8 Å². The highest BCUT2D eigenvalue weighted by Gasteiger charge is 2.16. The van der Waals surface area contributed by atoms with E-state index in [1.54, 1.807) is 6.20 Å². The minimum absolute atomic E-state index is 0.456. The maximum Gasteiger partial charge on any atom is 0.239 e. The molecule has 2 atom stereocenters. The standard InChI is InChI=1S/C12H21N5/c1-9-3-2-4-10(6-5-9)15-11-7-8-14-12(16-11)17-13/h7-10H,2-6,13H2,1H3,(H2,14,15,16,17). The van der Waals surface area contributed by atoms with Gasteiger partial charge in [-0.05, 0) is 31.2 Å². The highest BCUT2D eigenvalue weighted by Crippen LogP contribution is 2.24. The zero-order chi connectivity index (χ0) is 12.1. The number of anilines is 2. The first-order valence-electron chi connectivity index (χ1n) is 6.34. The molecule has 0 aliphatic heterocycles. The van der Waals surface area contributed by atoms with Crippen molar-refractivity contribution in [1.29, 1.82) is 0 Å². The fourth-order valence-electron chi connectivity index (χ4n) is 2.35. The molecule has 1 aromatic rings. The molecular weight excluding hydrogens is 214 g/mol. The molecule has 0 saturated heterocycles. The van der Waals surface area contributed by atoms with E-state index in [-0.39, 0.29) is 0 Å². The molecule has 0 radical (unpaired) electrons. The molecule has 1 aromatic heterocycles. The molecule has 4 N–H and O–H groups in total. The first-order chi connectivity index (χ1) is 8.28. The number of nitrogen functional groups attached to an aromatic ring is 1. The van der Waals surface area contributed by atoms with Gasteiger partial charge in [-0.25, -0.2) is 10.8 Å². The Bertz CT molecular complexity index is 355. The van der Waals surface area contributed by atoms with Crippen LogP contribution < -0.4 is 16.6 Å². The minimum Gasteiger partial charge on any atom is -0.367 e. The Morgan fingerprint density at radius 1 is 1.29 bits per heavy atom. The number of nitrogens with one attached hydrogen (secondary N) is 2. The van der Waals surface area contributed by atoms with E-state index < -0.39 is 0 Å². The molecule has 94 valence electrons. The Morgan fingerprint density at radius 2 is 2.18 bits per heavy atom. The second-order valence-electron chi connectivity index (χ2n) is 4.86. The topological polar surface area (TPSA) is 75.9 Å². The van der Waals surface area contributed by atoms with Gasteiger partial charge in [0.25, 0.3) is 0 Å². The lowest BCUT2D eigenvalue weighted by Gasteiger charge is -2.17. The second kappa shape index (κ2) is 5.82. The molecule has 2 unspecified atom stereocenters. The average molecular weight is 235 g/mol. The number of hydrazine groups is 1. The van der Waals surface area contributed by atoms with Crippen molar-refractivity contribution in [1.82, 2.24) is 9.97 Å². The Morgan fingerprint density at radius 3 is 3.00 bits per heavy atom. The molecule has 1 aliphatic carbocycles. The number of rotatable bonds is 3. The number of aromatic nitrogens is 2. The first-order valence-corrected chi connectivity index (χ1v) is 6.34. The van der Waals surface area contributed by atoms with Crippen molar-refractivity contribution in [3.8, 4) is 0 Å². The van der Waals surface area contributed by atoms with Crippen LogP contribution in [0, 0.1) is 5.92 Å². The van der Waals surface area contributed by atoms with Gasteiger partial charge in [0, 0.05) is 12.2 Å². The van der Waals surface area contributed by atoms with Crippen molar-refractivity contribution >= 4 is 11.8 Å². The van der Waals surface area contributed by atoms with Crippen molar-refractivity contribution < 1.29 is 0 Å². The third kappa shape index (κ3) is 3.56. The van der Waals surface area contributed by atoms with Crippen LogP contribution in [0.1, 0.15) is 39.0 Å². The number of hydrogen-bond donors (Lipinski definition) is 3. The van der Waals surface area contributed by atoms with Gasteiger partial charge in [-0.1, -0.05) is 19.8 Å². The van der Waals surface area contributed by atoms with Gasteiger partial charge in [0.2, 0.25) is 5.95 Å². The number of nitrogens with two attached hydrogens (primary N) is 1. The largest absolute Gasteiger partial charge is 0.367 e. The summed E-state index contributed by atoms with van der Waals surface area (Å²) in [6.07, 6.45) is 8.09. The lowest BCUT2D eigenvalue weighted by molar-refractivity contribution is 0.502. The monoisotopic (exact) mass is 235 g/mol. The molecule has 0 amide bonds. The summed E-state index contributed by atoms with van der Waals surface area (Å²) < 4.78 is 0. The fourth-order valence-corrected chi connectivity index (χ4v) is 2.35. The molecule has 1 fully saturated rings. The van der Waals surface area contributed by atoms with Gasteiger partial charge >= 0.3 is 0 Å². The van der Waals surface area contributed by atoms with Gasteiger partial charge in [-0.15, -0.1) is 0 Å². The van der Waals surface area contributed by atoms with Crippen molar-refractivity contribution in [2.24, 2.45) is 11.8 Å². The third-order valence-electron chi connectivity index (χ3n) is 3.39. The summed E-state index contributed by atoms with van der Waals surface area (Å²) in [5.41, 5.74) is 2.46. The van der Waals surface area contributed by atoms with Gasteiger partial charge in [-0.3, -0.25) is 5.43 Å². The van der Waals surface area contributed by atoms with Crippen LogP contribution in [-0.2, 0) is 0 Å². The smallest absolute Gasteiger partial charge is 0.239 e. The van der Waals surface area contributed by atoms with Crippen LogP contribution in [0.2, 0.25) is 0 Å². The molecule has 1 saturated carbocycles. The molecule has 1 heterocycles. The van der Waals surface area contributed by atoms with Crippen LogP contribution in [0.25, 0.3) is 0 Å². The summed E-state index contributed by atoms with van der Waals surface area (Å²) in [5.74, 6) is 7.46. The molecule has 1 aliphatic rings. The van der Waals surface area contributed by atoms with E-state index >= 15 is 0 Å². The van der Waals surface area contributed by atoms with Crippen LogP contribution >= 0.6 is 0 Å². The van der Waals surface area contributed by atoms with Crippen LogP contribution in [0.15, 0.2) is 12.3 Å². The maximum absolute atomic E-state index is 5.29. The minimum atomic E-state index is 0.456. The summed E-state index contributed by atoms with van der Waals surface area (Å²) in [5, 5.41) is 3.47. The molecule has 5 nitrogen and oxygen atoms in total. The molecule has 0 spiro atoms. The number of nitrogens with zero attached hydrogens (tertiary/aromatic N) is 2. The van der Waals surface area contributed by atoms with E-state index in [1.165, 1.54) is 32.1 Å². The summed E-state index contributed by atoms with van der Waals surface area (Å²) in [6.45, 7) is 2.34. The van der Waals surface area contributed by atoms with E-state index in [0.717, 1.165) is 11.7 Å². The first kappa shape index (κ1) is 12.1. The van der Waals surface area contributed by atoms with Gasteiger partial charge in [0.05, 0.1) is 0 Å². The van der Waals surface area contributed by atoms with E-state index in [4.69, 9.17) is 5.84 Å². The Labute approximate surface area is 102 Å². The van der Waals surface area contributed by atoms with E-state index in [1.807, 2.05) is 6.07 Å². The predicted molar refractivity (Wildman–Crippen MR) is 69.5 cm³/mol. The fraction of sp³-hybridized carbons (Fsp3) is 0.667. The van der Waals surface area contributed by atoms with Crippen molar-refractivity contribution in [2.45, 2.75) is 45.1 Å².